The van der Waals surface area contributed by atoms with Gasteiger partial charge in [-0.05, 0) is 18.8 Å². The Morgan fingerprint density at radius 1 is 1.50 bits per heavy atom. The smallest absolute Gasteiger partial charge is 0.233 e. The maximum absolute atomic E-state index is 11.2. The molecule has 0 spiro atoms. The van der Waals surface area contributed by atoms with Crippen molar-refractivity contribution in [2.75, 3.05) is 19.6 Å². The molecule has 0 rings (SSSR count). The minimum Gasteiger partial charge on any atom is -0.355 e. The first-order valence-corrected chi connectivity index (χ1v) is 5.25. The summed E-state index contributed by atoms with van der Waals surface area (Å²) in [5.41, 5.74) is 0. The summed E-state index contributed by atoms with van der Waals surface area (Å²) in [5, 5.41) is 5.82. The van der Waals surface area contributed by atoms with Crippen LogP contribution in [-0.4, -0.2) is 25.5 Å². The molecule has 0 saturated carbocycles. The topological polar surface area (TPSA) is 41.1 Å². The zero-order chi connectivity index (χ0) is 10.8. The molecular formula is C11H22N2O. The molecule has 0 fully saturated rings. The summed E-state index contributed by atoms with van der Waals surface area (Å²) < 4.78 is 0. The van der Waals surface area contributed by atoms with Crippen molar-refractivity contribution in [3.63, 3.8) is 0 Å². The molecular weight excluding hydrogens is 176 g/mol. The van der Waals surface area contributed by atoms with Crippen LogP contribution in [0.3, 0.4) is 0 Å². The highest BCUT2D eigenvalue weighted by atomic mass is 16.1. The molecule has 0 saturated heterocycles. The van der Waals surface area contributed by atoms with E-state index in [1.165, 1.54) is 6.42 Å². The summed E-state index contributed by atoms with van der Waals surface area (Å²) in [4.78, 5) is 11.2. The van der Waals surface area contributed by atoms with Crippen molar-refractivity contribution < 1.29 is 4.79 Å². The molecule has 0 unspecified atom stereocenters. The predicted molar refractivity (Wildman–Crippen MR) is 60.1 cm³/mol. The Bertz CT molecular complexity index is 167. The summed E-state index contributed by atoms with van der Waals surface area (Å²) in [6, 6.07) is 0. The standard InChI is InChI=1S/C11H22N2O/c1-4-7-12-9-11(14)13-8-5-6-10(2)3/h4,10,12H,1,5-9H2,2-3H3,(H,13,14). The van der Waals surface area contributed by atoms with Gasteiger partial charge in [0.25, 0.3) is 0 Å². The second-order valence-corrected chi connectivity index (χ2v) is 3.81. The number of hydrogen-bond acceptors (Lipinski definition) is 2. The quantitative estimate of drug-likeness (QED) is 0.456. The lowest BCUT2D eigenvalue weighted by Gasteiger charge is -2.06. The molecule has 0 atom stereocenters. The molecule has 0 bridgehead atoms. The molecule has 0 aromatic rings. The number of nitrogens with one attached hydrogen (secondary N) is 2. The van der Waals surface area contributed by atoms with Crippen molar-refractivity contribution in [1.29, 1.82) is 0 Å². The van der Waals surface area contributed by atoms with Gasteiger partial charge in [-0.3, -0.25) is 4.79 Å². The summed E-state index contributed by atoms with van der Waals surface area (Å²) in [5.74, 6) is 0.779. The van der Waals surface area contributed by atoms with Crippen molar-refractivity contribution in [2.24, 2.45) is 5.92 Å². The zero-order valence-electron chi connectivity index (χ0n) is 9.31. The Morgan fingerprint density at radius 3 is 2.79 bits per heavy atom. The van der Waals surface area contributed by atoms with E-state index >= 15 is 0 Å². The lowest BCUT2D eigenvalue weighted by atomic mass is 10.1. The number of carbonyl (C=O) groups excluding carboxylic acids is 1. The first-order chi connectivity index (χ1) is 6.66. The third kappa shape index (κ3) is 9.26. The van der Waals surface area contributed by atoms with E-state index < -0.39 is 0 Å². The predicted octanol–water partition coefficient (Wildman–Crippen LogP) is 1.31. The van der Waals surface area contributed by atoms with E-state index in [0.29, 0.717) is 19.0 Å². The molecule has 0 aliphatic rings. The Hall–Kier alpha value is -0.830. The van der Waals surface area contributed by atoms with E-state index in [1.807, 2.05) is 0 Å². The van der Waals surface area contributed by atoms with Gasteiger partial charge in [0.2, 0.25) is 5.91 Å². The van der Waals surface area contributed by atoms with Crippen LogP contribution in [0, 0.1) is 5.92 Å². The van der Waals surface area contributed by atoms with Crippen molar-refractivity contribution in [3.05, 3.63) is 12.7 Å². The van der Waals surface area contributed by atoms with E-state index in [1.54, 1.807) is 6.08 Å². The van der Waals surface area contributed by atoms with Crippen LogP contribution in [0.15, 0.2) is 12.7 Å². The maximum atomic E-state index is 11.2. The Balaban J connectivity index is 3.22. The van der Waals surface area contributed by atoms with Gasteiger partial charge in [-0.15, -0.1) is 6.58 Å². The van der Waals surface area contributed by atoms with Crippen molar-refractivity contribution in [1.82, 2.24) is 10.6 Å². The molecule has 14 heavy (non-hydrogen) atoms. The van der Waals surface area contributed by atoms with E-state index in [4.69, 9.17) is 0 Å². The number of rotatable bonds is 8. The third-order valence-electron chi connectivity index (χ3n) is 1.85. The lowest BCUT2D eigenvalue weighted by molar-refractivity contribution is -0.120. The Morgan fingerprint density at radius 2 is 2.21 bits per heavy atom. The summed E-state index contributed by atoms with van der Waals surface area (Å²) >= 11 is 0. The molecule has 0 aliphatic carbocycles. The molecule has 0 aromatic carbocycles. The molecule has 2 N–H and O–H groups in total. The monoisotopic (exact) mass is 198 g/mol. The van der Waals surface area contributed by atoms with E-state index in [-0.39, 0.29) is 5.91 Å². The van der Waals surface area contributed by atoms with Crippen LogP contribution < -0.4 is 10.6 Å². The molecule has 3 heteroatoms. The highest BCUT2D eigenvalue weighted by Gasteiger charge is 1.99. The largest absolute Gasteiger partial charge is 0.355 e. The third-order valence-corrected chi connectivity index (χ3v) is 1.85. The molecule has 3 nitrogen and oxygen atoms in total. The molecule has 0 aromatic heterocycles. The van der Waals surface area contributed by atoms with Crippen LogP contribution in [0.25, 0.3) is 0 Å². The van der Waals surface area contributed by atoms with Gasteiger partial charge in [0.1, 0.15) is 0 Å². The van der Waals surface area contributed by atoms with Gasteiger partial charge < -0.3 is 10.6 Å². The van der Waals surface area contributed by atoms with Gasteiger partial charge in [-0.1, -0.05) is 19.9 Å². The first kappa shape index (κ1) is 13.2. The Kier molecular flexibility index (Phi) is 8.24. The fraction of sp³-hybridized carbons (Fsp3) is 0.727. The normalized spacial score (nSPS) is 10.2. The Labute approximate surface area is 87.0 Å². The van der Waals surface area contributed by atoms with Gasteiger partial charge in [0.15, 0.2) is 0 Å². The molecule has 82 valence electrons. The van der Waals surface area contributed by atoms with Crippen molar-refractivity contribution in [3.8, 4) is 0 Å². The fourth-order valence-corrected chi connectivity index (χ4v) is 1.09. The van der Waals surface area contributed by atoms with E-state index in [2.05, 4.69) is 31.1 Å². The number of hydrogen-bond donors (Lipinski definition) is 2. The zero-order valence-corrected chi connectivity index (χ0v) is 9.31. The summed E-state index contributed by atoms with van der Waals surface area (Å²) in [7, 11) is 0. The summed E-state index contributed by atoms with van der Waals surface area (Å²) in [6.07, 6.45) is 3.97. The summed E-state index contributed by atoms with van der Waals surface area (Å²) in [6.45, 7) is 9.78. The van der Waals surface area contributed by atoms with Crippen LogP contribution in [0.5, 0.6) is 0 Å². The fourth-order valence-electron chi connectivity index (χ4n) is 1.09. The lowest BCUT2D eigenvalue weighted by Crippen LogP contribution is -2.34. The van der Waals surface area contributed by atoms with Crippen LogP contribution in [0.2, 0.25) is 0 Å². The maximum Gasteiger partial charge on any atom is 0.233 e. The van der Waals surface area contributed by atoms with Gasteiger partial charge in [0.05, 0.1) is 6.54 Å². The highest BCUT2D eigenvalue weighted by Crippen LogP contribution is 2.01. The molecule has 1 amide bonds. The van der Waals surface area contributed by atoms with Gasteiger partial charge in [0, 0.05) is 13.1 Å². The van der Waals surface area contributed by atoms with Crippen molar-refractivity contribution >= 4 is 5.91 Å². The average molecular weight is 198 g/mol. The van der Waals surface area contributed by atoms with E-state index in [0.717, 1.165) is 13.0 Å². The van der Waals surface area contributed by atoms with Gasteiger partial charge >= 0.3 is 0 Å². The average Bonchev–Trinajstić information content (AvgIpc) is 2.13. The minimum atomic E-state index is 0.0654. The van der Waals surface area contributed by atoms with Crippen molar-refractivity contribution in [2.45, 2.75) is 26.7 Å². The van der Waals surface area contributed by atoms with E-state index in [9.17, 15) is 4.79 Å². The number of amides is 1. The number of carbonyl (C=O) groups is 1. The van der Waals surface area contributed by atoms with Crippen LogP contribution in [-0.2, 0) is 4.79 Å². The van der Waals surface area contributed by atoms with Crippen LogP contribution >= 0.6 is 0 Å². The van der Waals surface area contributed by atoms with Crippen LogP contribution in [0.1, 0.15) is 26.7 Å². The molecule has 0 radical (unpaired) electrons. The van der Waals surface area contributed by atoms with Gasteiger partial charge in [-0.25, -0.2) is 0 Å². The minimum absolute atomic E-state index is 0.0654. The second-order valence-electron chi connectivity index (χ2n) is 3.81. The first-order valence-electron chi connectivity index (χ1n) is 5.25. The molecule has 0 heterocycles. The second kappa shape index (κ2) is 8.75. The molecule has 0 aliphatic heterocycles. The SMILES string of the molecule is C=CCNCC(=O)NCCCC(C)C. The highest BCUT2D eigenvalue weighted by molar-refractivity contribution is 5.77. The van der Waals surface area contributed by atoms with Crippen LogP contribution in [0.4, 0.5) is 0 Å². The van der Waals surface area contributed by atoms with Gasteiger partial charge in [-0.2, -0.15) is 0 Å².